The van der Waals surface area contributed by atoms with Crippen molar-refractivity contribution in [3.8, 4) is 0 Å². The van der Waals surface area contributed by atoms with Crippen LogP contribution in [0.25, 0.3) is 0 Å². The van der Waals surface area contributed by atoms with Crippen LogP contribution in [0.3, 0.4) is 0 Å². The average Bonchev–Trinajstić information content (AvgIpc) is 2.75. The van der Waals surface area contributed by atoms with Gasteiger partial charge in [-0.15, -0.1) is 10.2 Å². The first-order chi connectivity index (χ1) is 8.74. The zero-order valence-corrected chi connectivity index (χ0v) is 10.8. The summed E-state index contributed by atoms with van der Waals surface area (Å²) in [6.45, 7) is 0.808. The molecule has 2 aromatic rings. The summed E-state index contributed by atoms with van der Waals surface area (Å²) in [5, 5.41) is 9.27. The quantitative estimate of drug-likeness (QED) is 0.898. The van der Waals surface area contributed by atoms with Crippen molar-refractivity contribution in [2.75, 3.05) is 0 Å². The van der Waals surface area contributed by atoms with E-state index in [0.717, 1.165) is 41.6 Å². The minimum Gasteiger partial charge on any atom is -0.326 e. The Hall–Kier alpha value is -1.39. The minimum absolute atomic E-state index is 0.207. The van der Waals surface area contributed by atoms with Gasteiger partial charge in [-0.3, -0.25) is 0 Å². The van der Waals surface area contributed by atoms with E-state index in [1.807, 2.05) is 24.3 Å². The second kappa shape index (κ2) is 4.71. The molecule has 0 saturated heterocycles. The Bertz CT molecular complexity index is 564. The minimum atomic E-state index is 0.207. The lowest BCUT2D eigenvalue weighted by Crippen LogP contribution is -2.32. The monoisotopic (exact) mass is 262 g/mol. The fourth-order valence-corrected chi connectivity index (χ4v) is 2.55. The number of halogens is 1. The number of hydrogen-bond donors (Lipinski definition) is 1. The predicted octanol–water partition coefficient (Wildman–Crippen LogP) is 1.80. The van der Waals surface area contributed by atoms with Crippen molar-refractivity contribution in [1.82, 2.24) is 14.8 Å². The van der Waals surface area contributed by atoms with Crippen molar-refractivity contribution in [3.05, 3.63) is 46.5 Å². The molecule has 0 spiro atoms. The van der Waals surface area contributed by atoms with Crippen LogP contribution in [0.2, 0.25) is 5.02 Å². The number of benzene rings is 1. The molecule has 2 N–H and O–H groups in total. The van der Waals surface area contributed by atoms with Crippen LogP contribution in [0.1, 0.15) is 23.6 Å². The summed E-state index contributed by atoms with van der Waals surface area (Å²) in [5.41, 5.74) is 7.08. The number of nitrogens with two attached hydrogens (primary N) is 1. The van der Waals surface area contributed by atoms with Gasteiger partial charge in [-0.1, -0.05) is 29.8 Å². The number of aromatic nitrogens is 3. The molecule has 1 aliphatic rings. The van der Waals surface area contributed by atoms with E-state index in [1.165, 1.54) is 0 Å². The number of fused-ring (bicyclic) bond motifs is 1. The van der Waals surface area contributed by atoms with Gasteiger partial charge in [-0.05, 0) is 18.1 Å². The topological polar surface area (TPSA) is 56.7 Å². The summed E-state index contributed by atoms with van der Waals surface area (Å²) < 4.78 is 2.14. The normalized spacial score (nSPS) is 18.7. The van der Waals surface area contributed by atoms with Gasteiger partial charge in [0.2, 0.25) is 0 Å². The van der Waals surface area contributed by atoms with Crippen molar-refractivity contribution >= 4 is 11.6 Å². The molecule has 1 atom stereocenters. The third kappa shape index (κ3) is 2.13. The van der Waals surface area contributed by atoms with Gasteiger partial charge in [0.05, 0.1) is 0 Å². The van der Waals surface area contributed by atoms with E-state index < -0.39 is 0 Å². The molecule has 1 aromatic carbocycles. The second-order valence-electron chi connectivity index (χ2n) is 4.71. The van der Waals surface area contributed by atoms with Crippen LogP contribution in [0.5, 0.6) is 0 Å². The summed E-state index contributed by atoms with van der Waals surface area (Å²) in [5.74, 6) is 1.99. The number of rotatable bonds is 2. The van der Waals surface area contributed by atoms with Gasteiger partial charge >= 0.3 is 0 Å². The van der Waals surface area contributed by atoms with Gasteiger partial charge in [0.15, 0.2) is 0 Å². The van der Waals surface area contributed by atoms with Crippen LogP contribution in [0.4, 0.5) is 0 Å². The molecule has 0 bridgehead atoms. The zero-order chi connectivity index (χ0) is 12.5. The first-order valence-electron chi connectivity index (χ1n) is 6.14. The van der Waals surface area contributed by atoms with Crippen molar-refractivity contribution < 1.29 is 0 Å². The highest BCUT2D eigenvalue weighted by molar-refractivity contribution is 6.31. The Morgan fingerprint density at radius 1 is 1.33 bits per heavy atom. The third-order valence-electron chi connectivity index (χ3n) is 3.37. The van der Waals surface area contributed by atoms with Crippen LogP contribution in [0, 0.1) is 0 Å². The van der Waals surface area contributed by atoms with Crippen LogP contribution >= 0.6 is 11.6 Å². The Morgan fingerprint density at radius 2 is 2.17 bits per heavy atom. The summed E-state index contributed by atoms with van der Waals surface area (Å²) in [6.07, 6.45) is 2.61. The maximum Gasteiger partial charge on any atom is 0.137 e. The fraction of sp³-hybridized carbons (Fsp3) is 0.385. The van der Waals surface area contributed by atoms with Gasteiger partial charge < -0.3 is 10.3 Å². The molecule has 5 heteroatoms. The molecule has 0 saturated carbocycles. The average molecular weight is 263 g/mol. The number of hydrogen-bond acceptors (Lipinski definition) is 3. The SMILES string of the molecule is NC1CCc2nnc(Cc3ccccc3Cl)n2C1. The number of aryl methyl sites for hydroxylation is 1. The molecule has 0 radical (unpaired) electrons. The van der Waals surface area contributed by atoms with Gasteiger partial charge in [0, 0.05) is 30.5 Å². The highest BCUT2D eigenvalue weighted by atomic mass is 35.5. The van der Waals surface area contributed by atoms with E-state index in [9.17, 15) is 0 Å². The molecule has 2 heterocycles. The standard InChI is InChI=1S/C13H15ClN4/c14-11-4-2-1-3-9(11)7-13-17-16-12-6-5-10(15)8-18(12)13/h1-4,10H,5-8,15H2. The fourth-order valence-electron chi connectivity index (χ4n) is 2.35. The molecule has 4 nitrogen and oxygen atoms in total. The van der Waals surface area contributed by atoms with E-state index in [4.69, 9.17) is 17.3 Å². The molecule has 1 aromatic heterocycles. The largest absolute Gasteiger partial charge is 0.326 e. The Morgan fingerprint density at radius 3 is 3.00 bits per heavy atom. The van der Waals surface area contributed by atoms with E-state index in [2.05, 4.69) is 14.8 Å². The van der Waals surface area contributed by atoms with Crippen molar-refractivity contribution in [2.24, 2.45) is 5.73 Å². The van der Waals surface area contributed by atoms with Crippen molar-refractivity contribution in [1.29, 1.82) is 0 Å². The van der Waals surface area contributed by atoms with Crippen LogP contribution < -0.4 is 5.73 Å². The lowest BCUT2D eigenvalue weighted by molar-refractivity contribution is 0.445. The van der Waals surface area contributed by atoms with Crippen molar-refractivity contribution in [2.45, 2.75) is 31.8 Å². The highest BCUT2D eigenvalue weighted by Gasteiger charge is 2.20. The molecule has 18 heavy (non-hydrogen) atoms. The molecule has 0 fully saturated rings. The summed E-state index contributed by atoms with van der Waals surface area (Å²) in [4.78, 5) is 0. The van der Waals surface area contributed by atoms with E-state index in [1.54, 1.807) is 0 Å². The van der Waals surface area contributed by atoms with Gasteiger partial charge in [-0.25, -0.2) is 0 Å². The van der Waals surface area contributed by atoms with Gasteiger partial charge in [-0.2, -0.15) is 0 Å². The molecular weight excluding hydrogens is 248 g/mol. The predicted molar refractivity (Wildman–Crippen MR) is 70.6 cm³/mol. The van der Waals surface area contributed by atoms with Gasteiger partial charge in [0.1, 0.15) is 11.6 Å². The molecule has 94 valence electrons. The van der Waals surface area contributed by atoms with E-state index in [-0.39, 0.29) is 6.04 Å². The lowest BCUT2D eigenvalue weighted by Gasteiger charge is -2.20. The van der Waals surface area contributed by atoms with E-state index >= 15 is 0 Å². The van der Waals surface area contributed by atoms with Crippen molar-refractivity contribution in [3.63, 3.8) is 0 Å². The summed E-state index contributed by atoms with van der Waals surface area (Å²) >= 11 is 6.17. The van der Waals surface area contributed by atoms with Crippen LogP contribution in [-0.2, 0) is 19.4 Å². The first kappa shape index (κ1) is 11.7. The maximum atomic E-state index is 6.17. The third-order valence-corrected chi connectivity index (χ3v) is 3.73. The lowest BCUT2D eigenvalue weighted by atomic mass is 10.1. The highest BCUT2D eigenvalue weighted by Crippen LogP contribution is 2.20. The second-order valence-corrected chi connectivity index (χ2v) is 5.12. The van der Waals surface area contributed by atoms with Crippen LogP contribution in [-0.4, -0.2) is 20.8 Å². The number of nitrogens with zero attached hydrogens (tertiary/aromatic N) is 3. The Labute approximate surface area is 111 Å². The van der Waals surface area contributed by atoms with E-state index in [0.29, 0.717) is 6.42 Å². The summed E-state index contributed by atoms with van der Waals surface area (Å²) in [6, 6.07) is 8.04. The molecule has 1 unspecified atom stereocenters. The molecule has 0 aliphatic carbocycles. The zero-order valence-electron chi connectivity index (χ0n) is 10.0. The molecule has 1 aliphatic heterocycles. The molecular formula is C13H15ClN4. The van der Waals surface area contributed by atoms with Gasteiger partial charge in [0.25, 0.3) is 0 Å². The maximum absolute atomic E-state index is 6.17. The summed E-state index contributed by atoms with van der Waals surface area (Å²) in [7, 11) is 0. The molecule has 3 rings (SSSR count). The Kier molecular flexibility index (Phi) is 3.06. The smallest absolute Gasteiger partial charge is 0.137 e. The first-order valence-corrected chi connectivity index (χ1v) is 6.52. The van der Waals surface area contributed by atoms with Crippen LogP contribution in [0.15, 0.2) is 24.3 Å². The molecule has 0 amide bonds. The Balaban J connectivity index is 1.90.